The first-order chi connectivity index (χ1) is 15.7. The third-order valence-electron chi connectivity index (χ3n) is 6.44. The molecule has 0 unspecified atom stereocenters. The van der Waals surface area contributed by atoms with Gasteiger partial charge in [-0.1, -0.05) is 13.0 Å². The summed E-state index contributed by atoms with van der Waals surface area (Å²) < 4.78 is 34.8. The molecule has 0 bridgehead atoms. The van der Waals surface area contributed by atoms with Gasteiger partial charge in [0, 0.05) is 43.9 Å². The third kappa shape index (κ3) is 4.90. The maximum absolute atomic E-state index is 13.6. The van der Waals surface area contributed by atoms with Gasteiger partial charge in [-0.05, 0) is 55.2 Å². The summed E-state index contributed by atoms with van der Waals surface area (Å²) in [5.41, 5.74) is 1.70. The molecule has 8 nitrogen and oxygen atoms in total. The number of aliphatic hydroxyl groups is 1. The van der Waals surface area contributed by atoms with Crippen LogP contribution in [0.5, 0.6) is 5.75 Å². The molecule has 0 spiro atoms. The Bertz CT molecular complexity index is 1100. The first-order valence-corrected chi connectivity index (χ1v) is 12.7. The lowest BCUT2D eigenvalue weighted by Crippen LogP contribution is -2.50. The Morgan fingerprint density at radius 2 is 1.94 bits per heavy atom. The number of aromatic nitrogens is 1. The van der Waals surface area contributed by atoms with Crippen LogP contribution in [0.2, 0.25) is 0 Å². The minimum atomic E-state index is -3.90. The van der Waals surface area contributed by atoms with Crippen LogP contribution in [0.3, 0.4) is 0 Å². The van der Waals surface area contributed by atoms with Gasteiger partial charge in [0.2, 0.25) is 15.9 Å². The highest BCUT2D eigenvalue weighted by molar-refractivity contribution is 7.89. The van der Waals surface area contributed by atoms with Crippen molar-refractivity contribution in [1.82, 2.24) is 14.2 Å². The van der Waals surface area contributed by atoms with Crippen molar-refractivity contribution in [3.8, 4) is 16.9 Å². The second-order valence-corrected chi connectivity index (χ2v) is 11.0. The number of carbonyl (C=O) groups excluding carboxylic acids is 1. The molecule has 1 aliphatic heterocycles. The number of benzene rings is 1. The largest absolute Gasteiger partial charge is 0.487 e. The predicted molar refractivity (Wildman–Crippen MR) is 124 cm³/mol. The van der Waals surface area contributed by atoms with Crippen LogP contribution in [0, 0.1) is 11.8 Å². The van der Waals surface area contributed by atoms with Crippen molar-refractivity contribution in [3.05, 3.63) is 42.7 Å². The van der Waals surface area contributed by atoms with Crippen molar-refractivity contribution in [3.63, 3.8) is 0 Å². The topological polar surface area (TPSA) is 100 Å². The molecular formula is C24H31N3O5S. The lowest BCUT2D eigenvalue weighted by Gasteiger charge is -2.37. The number of fused-ring (bicyclic) bond motifs is 1. The summed E-state index contributed by atoms with van der Waals surface area (Å²) >= 11 is 0. The standard InChI is InChI=1S/C24H31N3O5S/c1-16-13-27(17(2)15-28)33(30,31)23-7-6-20(18-8-10-25-11-9-18)12-21(23)32-22(16)14-26(3)24(29)19-4-5-19/h6-12,16-17,19,22,28H,4-5,13-15H2,1-3H3/t16-,17-,22+/m1/s1. The normalized spacial score (nSPS) is 23.5. The lowest BCUT2D eigenvalue weighted by atomic mass is 10.0. The van der Waals surface area contributed by atoms with E-state index in [1.54, 1.807) is 49.5 Å². The molecule has 1 saturated carbocycles. The average Bonchev–Trinajstić information content (AvgIpc) is 3.66. The van der Waals surface area contributed by atoms with E-state index >= 15 is 0 Å². The van der Waals surface area contributed by atoms with Gasteiger partial charge in [0.05, 0.1) is 13.2 Å². The Morgan fingerprint density at radius 3 is 2.58 bits per heavy atom. The number of hydrogen-bond acceptors (Lipinski definition) is 6. The van der Waals surface area contributed by atoms with Gasteiger partial charge in [0.15, 0.2) is 0 Å². The summed E-state index contributed by atoms with van der Waals surface area (Å²) in [5.74, 6) is 0.242. The summed E-state index contributed by atoms with van der Waals surface area (Å²) in [4.78, 5) is 18.4. The van der Waals surface area contributed by atoms with Crippen LogP contribution < -0.4 is 4.74 Å². The van der Waals surface area contributed by atoms with Crippen molar-refractivity contribution < 1.29 is 23.1 Å². The van der Waals surface area contributed by atoms with Gasteiger partial charge in [0.1, 0.15) is 16.7 Å². The zero-order valence-corrected chi connectivity index (χ0v) is 20.0. The number of aliphatic hydroxyl groups excluding tert-OH is 1. The fraction of sp³-hybridized carbons (Fsp3) is 0.500. The van der Waals surface area contributed by atoms with E-state index in [4.69, 9.17) is 4.74 Å². The van der Waals surface area contributed by atoms with Crippen molar-refractivity contribution in [2.24, 2.45) is 11.8 Å². The SMILES string of the molecule is C[C@@H]1CN([C@H](C)CO)S(=O)(=O)c2ccc(-c3ccncc3)cc2O[C@H]1CN(C)C(=O)C1CC1. The molecule has 2 aromatic rings. The number of sulfonamides is 1. The Balaban J connectivity index is 1.76. The molecule has 1 amide bonds. The molecule has 0 saturated heterocycles. The smallest absolute Gasteiger partial charge is 0.247 e. The Labute approximate surface area is 195 Å². The Kier molecular flexibility index (Phi) is 6.74. The van der Waals surface area contributed by atoms with Crippen molar-refractivity contribution in [2.45, 2.75) is 43.7 Å². The van der Waals surface area contributed by atoms with Crippen LogP contribution in [0.4, 0.5) is 0 Å². The van der Waals surface area contributed by atoms with E-state index in [0.717, 1.165) is 24.0 Å². The Hall–Kier alpha value is -2.49. The van der Waals surface area contributed by atoms with Gasteiger partial charge in [-0.3, -0.25) is 9.78 Å². The number of rotatable bonds is 6. The Morgan fingerprint density at radius 1 is 1.24 bits per heavy atom. The van der Waals surface area contributed by atoms with Crippen molar-refractivity contribution in [2.75, 3.05) is 26.7 Å². The summed E-state index contributed by atoms with van der Waals surface area (Å²) in [6.07, 6.45) is 4.79. The third-order valence-corrected chi connectivity index (χ3v) is 8.46. The molecular weight excluding hydrogens is 442 g/mol. The van der Waals surface area contributed by atoms with E-state index in [0.29, 0.717) is 6.54 Å². The molecule has 178 valence electrons. The molecule has 1 fully saturated rings. The maximum atomic E-state index is 13.6. The molecule has 1 aromatic heterocycles. The van der Waals surface area contributed by atoms with E-state index in [2.05, 4.69) is 4.98 Å². The minimum Gasteiger partial charge on any atom is -0.487 e. The quantitative estimate of drug-likeness (QED) is 0.692. The van der Waals surface area contributed by atoms with Crippen LogP contribution in [-0.2, 0) is 14.8 Å². The fourth-order valence-corrected chi connectivity index (χ4v) is 6.00. The monoisotopic (exact) mass is 473 g/mol. The van der Waals surface area contributed by atoms with Crippen molar-refractivity contribution in [1.29, 1.82) is 0 Å². The van der Waals surface area contributed by atoms with Gasteiger partial charge < -0.3 is 14.7 Å². The van der Waals surface area contributed by atoms with E-state index in [1.807, 2.05) is 19.1 Å². The van der Waals surface area contributed by atoms with E-state index in [9.17, 15) is 18.3 Å². The van der Waals surface area contributed by atoms with Gasteiger partial charge in [-0.25, -0.2) is 8.42 Å². The molecule has 2 aliphatic rings. The molecule has 1 aliphatic carbocycles. The number of amides is 1. The number of nitrogens with zero attached hydrogens (tertiary/aromatic N) is 3. The van der Waals surface area contributed by atoms with Crippen LogP contribution in [0.15, 0.2) is 47.6 Å². The lowest BCUT2D eigenvalue weighted by molar-refractivity contribution is -0.132. The highest BCUT2D eigenvalue weighted by Gasteiger charge is 2.39. The molecule has 3 atom stereocenters. The highest BCUT2D eigenvalue weighted by Crippen LogP contribution is 2.37. The summed E-state index contributed by atoms with van der Waals surface area (Å²) in [6, 6.07) is 8.15. The van der Waals surface area contributed by atoms with Crippen LogP contribution in [-0.4, -0.2) is 72.5 Å². The van der Waals surface area contributed by atoms with Crippen LogP contribution >= 0.6 is 0 Å². The van der Waals surface area contributed by atoms with E-state index in [1.165, 1.54) is 4.31 Å². The molecule has 1 N–H and O–H groups in total. The average molecular weight is 474 g/mol. The van der Waals surface area contributed by atoms with Gasteiger partial charge in [0.25, 0.3) is 0 Å². The first-order valence-electron chi connectivity index (χ1n) is 11.3. The van der Waals surface area contributed by atoms with Crippen LogP contribution in [0.25, 0.3) is 11.1 Å². The number of carbonyl (C=O) groups is 1. The zero-order valence-electron chi connectivity index (χ0n) is 19.2. The highest BCUT2D eigenvalue weighted by atomic mass is 32.2. The van der Waals surface area contributed by atoms with Gasteiger partial charge >= 0.3 is 0 Å². The number of ether oxygens (including phenoxy) is 1. The predicted octanol–water partition coefficient (Wildman–Crippen LogP) is 2.39. The van der Waals surface area contributed by atoms with E-state index < -0.39 is 22.2 Å². The molecule has 1 aromatic carbocycles. The second kappa shape index (κ2) is 9.40. The minimum absolute atomic E-state index is 0.0636. The zero-order chi connectivity index (χ0) is 23.8. The summed E-state index contributed by atoms with van der Waals surface area (Å²) in [6.45, 7) is 3.87. The first kappa shape index (κ1) is 23.7. The molecule has 2 heterocycles. The molecule has 0 radical (unpaired) electrons. The molecule has 4 rings (SSSR count). The second-order valence-electron chi connectivity index (χ2n) is 9.13. The van der Waals surface area contributed by atoms with Gasteiger partial charge in [-0.15, -0.1) is 0 Å². The number of pyridine rings is 1. The summed E-state index contributed by atoms with van der Waals surface area (Å²) in [7, 11) is -2.13. The number of hydrogen-bond donors (Lipinski definition) is 1. The van der Waals surface area contributed by atoms with E-state index in [-0.39, 0.29) is 41.5 Å². The van der Waals surface area contributed by atoms with Gasteiger partial charge in [-0.2, -0.15) is 4.31 Å². The molecule has 9 heteroatoms. The maximum Gasteiger partial charge on any atom is 0.247 e. The molecule has 33 heavy (non-hydrogen) atoms. The fourth-order valence-electron chi connectivity index (χ4n) is 4.17. The van der Waals surface area contributed by atoms with Crippen LogP contribution in [0.1, 0.15) is 26.7 Å². The van der Waals surface area contributed by atoms with Crippen molar-refractivity contribution >= 4 is 15.9 Å². The summed E-state index contributed by atoms with van der Waals surface area (Å²) in [5, 5.41) is 9.76. The number of likely N-dealkylation sites (N-methyl/N-ethyl adjacent to an activating group) is 1.